The highest BCUT2D eigenvalue weighted by Gasteiger charge is 2.40. The number of hydrogen-bond donors (Lipinski definition) is 0. The van der Waals surface area contributed by atoms with Gasteiger partial charge in [-0.3, -0.25) is 0 Å². The molecule has 24 heavy (non-hydrogen) atoms. The lowest BCUT2D eigenvalue weighted by Gasteiger charge is -2.14. The molecule has 0 bridgehead atoms. The minimum absolute atomic E-state index is 0.805. The van der Waals surface area contributed by atoms with Gasteiger partial charge in [-0.25, -0.2) is 13.0 Å². The molecule has 0 aromatic carbocycles. The van der Waals surface area contributed by atoms with Crippen LogP contribution < -0.4 is 0 Å². The molecular weight excluding hydrogens is 363 g/mol. The van der Waals surface area contributed by atoms with Crippen LogP contribution in [-0.4, -0.2) is 41.9 Å². The summed E-state index contributed by atoms with van der Waals surface area (Å²) in [5.74, 6) is 0.805. The minimum Gasteiger partial charge on any atom is -0.741 e. The van der Waals surface area contributed by atoms with Gasteiger partial charge in [0, 0.05) is 23.3 Å². The summed E-state index contributed by atoms with van der Waals surface area (Å²) in [6.45, 7) is 2.59. The van der Waals surface area contributed by atoms with E-state index in [1.165, 1.54) is 44.3 Å². The highest BCUT2D eigenvalue weighted by Crippen LogP contribution is 2.37. The standard InChI is InChI=1S/C14H16NS.CHF3O3S/c1-2-5-15-9-11-8-14-10(4-6-16-14)7-12(11)13(15)3-1;2-1(3,4)8(5,6)7/h4,6-7,11H,1-3,5,8-9H2;(H,5,6,7)/q+1;/p-1. The highest BCUT2D eigenvalue weighted by molar-refractivity contribution is 7.86. The van der Waals surface area contributed by atoms with Crippen molar-refractivity contribution in [1.82, 2.24) is 0 Å². The summed E-state index contributed by atoms with van der Waals surface area (Å²) in [4.78, 5) is 1.61. The minimum atomic E-state index is -6.09. The average Bonchev–Trinajstić information content (AvgIpc) is 3.06. The van der Waals surface area contributed by atoms with Crippen molar-refractivity contribution in [1.29, 1.82) is 0 Å². The lowest BCUT2D eigenvalue weighted by atomic mass is 9.86. The van der Waals surface area contributed by atoms with Crippen LogP contribution in [0.25, 0.3) is 6.08 Å². The highest BCUT2D eigenvalue weighted by atomic mass is 32.2. The van der Waals surface area contributed by atoms with Gasteiger partial charge < -0.3 is 4.55 Å². The molecule has 0 saturated carbocycles. The van der Waals surface area contributed by atoms with E-state index in [1.807, 2.05) is 11.3 Å². The van der Waals surface area contributed by atoms with E-state index in [0.29, 0.717) is 0 Å². The Morgan fingerprint density at radius 1 is 1.29 bits per heavy atom. The molecule has 132 valence electrons. The molecule has 1 atom stereocenters. The predicted molar refractivity (Wildman–Crippen MR) is 84.1 cm³/mol. The molecular formula is C15H16F3NO3S2. The monoisotopic (exact) mass is 379 g/mol. The van der Waals surface area contributed by atoms with Gasteiger partial charge >= 0.3 is 5.51 Å². The van der Waals surface area contributed by atoms with Crippen molar-refractivity contribution in [3.63, 3.8) is 0 Å². The smallest absolute Gasteiger partial charge is 0.485 e. The van der Waals surface area contributed by atoms with Crippen molar-refractivity contribution < 1.29 is 30.7 Å². The SMILES string of the molecule is C1=C2C3=[N+](CCCC3)CC2Cc2sccc21.O=S(=O)([O-])C(F)(F)F. The molecule has 1 aromatic heterocycles. The fraction of sp³-hybridized carbons (Fsp3) is 0.533. The van der Waals surface area contributed by atoms with Crippen molar-refractivity contribution in [2.45, 2.75) is 31.2 Å². The zero-order valence-electron chi connectivity index (χ0n) is 12.7. The molecule has 0 saturated heterocycles. The van der Waals surface area contributed by atoms with E-state index in [1.54, 1.807) is 16.2 Å². The summed E-state index contributed by atoms with van der Waals surface area (Å²) in [7, 11) is -6.09. The van der Waals surface area contributed by atoms with Crippen molar-refractivity contribution >= 4 is 33.2 Å². The van der Waals surface area contributed by atoms with Crippen LogP contribution >= 0.6 is 11.3 Å². The summed E-state index contributed by atoms with van der Waals surface area (Å²) in [5.41, 5.74) is -0.803. The van der Waals surface area contributed by atoms with Gasteiger partial charge in [0.25, 0.3) is 0 Å². The molecule has 0 N–H and O–H groups in total. The van der Waals surface area contributed by atoms with Crippen molar-refractivity contribution in [3.05, 3.63) is 27.5 Å². The normalized spacial score (nSPS) is 22.8. The lowest BCUT2D eigenvalue weighted by molar-refractivity contribution is -0.529. The Bertz CT molecular complexity index is 806. The number of thiophene rings is 1. The van der Waals surface area contributed by atoms with Crippen LogP contribution in [0.15, 0.2) is 17.0 Å². The van der Waals surface area contributed by atoms with Gasteiger partial charge in [0.1, 0.15) is 6.54 Å². The van der Waals surface area contributed by atoms with Crippen molar-refractivity contribution in [2.24, 2.45) is 5.92 Å². The summed E-state index contributed by atoms with van der Waals surface area (Å²) in [5, 5.41) is 2.24. The molecule has 1 unspecified atom stereocenters. The van der Waals surface area contributed by atoms with Gasteiger partial charge in [0.2, 0.25) is 0 Å². The number of halogens is 3. The maximum atomic E-state index is 10.7. The van der Waals surface area contributed by atoms with Gasteiger partial charge in [-0.05, 0) is 35.9 Å². The molecule has 2 aliphatic heterocycles. The molecule has 0 radical (unpaired) electrons. The topological polar surface area (TPSA) is 60.2 Å². The molecule has 9 heteroatoms. The van der Waals surface area contributed by atoms with Crippen LogP contribution in [0.5, 0.6) is 0 Å². The van der Waals surface area contributed by atoms with Gasteiger partial charge in [-0.15, -0.1) is 11.3 Å². The quantitative estimate of drug-likeness (QED) is 0.396. The molecule has 0 spiro atoms. The van der Waals surface area contributed by atoms with Crippen LogP contribution in [0, 0.1) is 5.92 Å². The zero-order chi connectivity index (χ0) is 17.5. The molecule has 0 amide bonds. The molecule has 0 fully saturated rings. The maximum absolute atomic E-state index is 10.7. The number of nitrogens with zero attached hydrogens (tertiary/aromatic N) is 1. The first-order valence-corrected chi connectivity index (χ1v) is 9.87. The Balaban J connectivity index is 0.000000183. The predicted octanol–water partition coefficient (Wildman–Crippen LogP) is 3.01. The summed E-state index contributed by atoms with van der Waals surface area (Å²) >= 11 is 1.94. The summed E-state index contributed by atoms with van der Waals surface area (Å²) in [6, 6.07) is 2.29. The third kappa shape index (κ3) is 3.43. The molecule has 3 aliphatic rings. The molecule has 3 heterocycles. The Labute approximate surface area is 142 Å². The van der Waals surface area contributed by atoms with Crippen LogP contribution in [0.2, 0.25) is 0 Å². The Kier molecular flexibility index (Phi) is 4.61. The van der Waals surface area contributed by atoms with E-state index in [4.69, 9.17) is 13.0 Å². The molecule has 4 nitrogen and oxygen atoms in total. The second kappa shape index (κ2) is 6.27. The first kappa shape index (κ1) is 17.6. The fourth-order valence-electron chi connectivity index (χ4n) is 3.43. The van der Waals surface area contributed by atoms with Gasteiger partial charge in [-0.2, -0.15) is 13.2 Å². The van der Waals surface area contributed by atoms with E-state index < -0.39 is 15.6 Å². The summed E-state index contributed by atoms with van der Waals surface area (Å²) in [6.07, 6.45) is 7.87. The van der Waals surface area contributed by atoms with Crippen molar-refractivity contribution in [3.8, 4) is 0 Å². The molecule has 1 aromatic rings. The average molecular weight is 379 g/mol. The van der Waals surface area contributed by atoms with E-state index in [2.05, 4.69) is 22.1 Å². The number of fused-ring (bicyclic) bond motifs is 3. The van der Waals surface area contributed by atoms with Crippen LogP contribution in [-0.2, 0) is 16.5 Å². The third-order valence-electron chi connectivity index (χ3n) is 4.49. The van der Waals surface area contributed by atoms with E-state index in [9.17, 15) is 13.2 Å². The second-order valence-corrected chi connectivity index (χ2v) is 8.42. The first-order valence-electron chi connectivity index (χ1n) is 7.58. The zero-order valence-corrected chi connectivity index (χ0v) is 14.3. The van der Waals surface area contributed by atoms with E-state index >= 15 is 0 Å². The Hall–Kier alpha value is -1.19. The maximum Gasteiger partial charge on any atom is 0.485 e. The van der Waals surface area contributed by atoms with Gasteiger partial charge in [0.05, 0.1) is 5.92 Å². The Morgan fingerprint density at radius 3 is 2.67 bits per heavy atom. The van der Waals surface area contributed by atoms with Crippen LogP contribution in [0.4, 0.5) is 13.2 Å². The van der Waals surface area contributed by atoms with E-state index in [-0.39, 0.29) is 0 Å². The number of hydrogen-bond acceptors (Lipinski definition) is 4. The second-order valence-electron chi connectivity index (χ2n) is 6.05. The van der Waals surface area contributed by atoms with Crippen LogP contribution in [0.3, 0.4) is 0 Å². The molecule has 1 aliphatic carbocycles. The van der Waals surface area contributed by atoms with Gasteiger partial charge in [-0.1, -0.05) is 0 Å². The van der Waals surface area contributed by atoms with Crippen molar-refractivity contribution in [2.75, 3.05) is 13.1 Å². The van der Waals surface area contributed by atoms with Crippen LogP contribution in [0.1, 0.15) is 29.7 Å². The third-order valence-corrected chi connectivity index (χ3v) is 6.02. The Morgan fingerprint density at radius 2 is 2.00 bits per heavy atom. The fourth-order valence-corrected chi connectivity index (χ4v) is 4.37. The summed E-state index contributed by atoms with van der Waals surface area (Å²) < 4.78 is 61.6. The lowest BCUT2D eigenvalue weighted by Crippen LogP contribution is -2.21. The molecule has 4 rings (SSSR count). The van der Waals surface area contributed by atoms with Gasteiger partial charge in [0.15, 0.2) is 22.4 Å². The number of rotatable bonds is 0. The largest absolute Gasteiger partial charge is 0.741 e. The first-order chi connectivity index (χ1) is 11.2. The van der Waals surface area contributed by atoms with E-state index in [0.717, 1.165) is 5.92 Å². The number of alkyl halides is 3.